The molecule has 6 nitrogen and oxygen atoms in total. The van der Waals surface area contributed by atoms with Gasteiger partial charge in [0.25, 0.3) is 0 Å². The molecule has 0 atom stereocenters. The molecule has 6 heteroatoms. The fourth-order valence-corrected chi connectivity index (χ4v) is 1.84. The molecular weight excluding hydrogens is 254 g/mol. The third-order valence-electron chi connectivity index (χ3n) is 2.83. The molecule has 0 radical (unpaired) electrons. The van der Waals surface area contributed by atoms with Gasteiger partial charge in [0.15, 0.2) is 0 Å². The maximum absolute atomic E-state index is 9.01. The fraction of sp³-hybridized carbons (Fsp3) is 0.357. The Morgan fingerprint density at radius 3 is 3.15 bits per heavy atom. The standard InChI is InChI=1S/C14H17N5O/c1-20-6-5-16-8-13-10-19(11-18-13)9-12-3-2-4-17-14(12)7-15/h2-4,10-11,16H,5-6,8-9H2,1H3. The van der Waals surface area contributed by atoms with Gasteiger partial charge >= 0.3 is 0 Å². The number of nitrogens with zero attached hydrogens (tertiary/aromatic N) is 4. The van der Waals surface area contributed by atoms with Crippen LogP contribution in [-0.4, -0.2) is 34.8 Å². The van der Waals surface area contributed by atoms with Gasteiger partial charge in [-0.2, -0.15) is 5.26 Å². The highest BCUT2D eigenvalue weighted by atomic mass is 16.5. The molecule has 0 aliphatic heterocycles. The average molecular weight is 271 g/mol. The first-order valence-electron chi connectivity index (χ1n) is 6.37. The predicted octanol–water partition coefficient (Wildman–Crippen LogP) is 0.934. The summed E-state index contributed by atoms with van der Waals surface area (Å²) in [6.07, 6.45) is 5.36. The summed E-state index contributed by atoms with van der Waals surface area (Å²) in [5, 5.41) is 12.2. The van der Waals surface area contributed by atoms with E-state index in [0.717, 1.165) is 17.8 Å². The van der Waals surface area contributed by atoms with Crippen LogP contribution in [-0.2, 0) is 17.8 Å². The number of pyridine rings is 1. The lowest BCUT2D eigenvalue weighted by molar-refractivity contribution is 0.199. The van der Waals surface area contributed by atoms with Crippen molar-refractivity contribution >= 4 is 0 Å². The second-order valence-corrected chi connectivity index (χ2v) is 4.33. The molecular formula is C14H17N5O. The number of aromatic nitrogens is 3. The van der Waals surface area contributed by atoms with Crippen molar-refractivity contribution < 1.29 is 4.74 Å². The first-order valence-corrected chi connectivity index (χ1v) is 6.37. The fourth-order valence-electron chi connectivity index (χ4n) is 1.84. The van der Waals surface area contributed by atoms with E-state index >= 15 is 0 Å². The van der Waals surface area contributed by atoms with Crippen molar-refractivity contribution in [1.82, 2.24) is 19.9 Å². The van der Waals surface area contributed by atoms with Crippen molar-refractivity contribution in [3.63, 3.8) is 0 Å². The Morgan fingerprint density at radius 1 is 1.45 bits per heavy atom. The van der Waals surface area contributed by atoms with Gasteiger partial charge in [0.1, 0.15) is 11.8 Å². The Hall–Kier alpha value is -2.23. The lowest BCUT2D eigenvalue weighted by Gasteiger charge is -2.03. The molecule has 2 aromatic rings. The van der Waals surface area contributed by atoms with Gasteiger partial charge in [-0.25, -0.2) is 9.97 Å². The summed E-state index contributed by atoms with van der Waals surface area (Å²) in [7, 11) is 1.68. The molecule has 0 unspecified atom stereocenters. The molecule has 0 spiro atoms. The highest BCUT2D eigenvalue weighted by molar-refractivity contribution is 5.30. The van der Waals surface area contributed by atoms with Crippen LogP contribution >= 0.6 is 0 Å². The maximum Gasteiger partial charge on any atom is 0.145 e. The third kappa shape index (κ3) is 3.88. The largest absolute Gasteiger partial charge is 0.383 e. The van der Waals surface area contributed by atoms with Crippen LogP contribution in [0.2, 0.25) is 0 Å². The highest BCUT2D eigenvalue weighted by Gasteiger charge is 2.04. The van der Waals surface area contributed by atoms with E-state index in [4.69, 9.17) is 10.00 Å². The number of hydrogen-bond donors (Lipinski definition) is 1. The van der Waals surface area contributed by atoms with E-state index in [1.807, 2.05) is 22.9 Å². The Labute approximate surface area is 118 Å². The molecule has 2 aromatic heterocycles. The smallest absolute Gasteiger partial charge is 0.145 e. The molecule has 2 heterocycles. The van der Waals surface area contributed by atoms with Crippen LogP contribution in [0.3, 0.4) is 0 Å². The Morgan fingerprint density at radius 2 is 2.35 bits per heavy atom. The molecule has 0 bridgehead atoms. The van der Waals surface area contributed by atoms with Crippen molar-refractivity contribution in [2.75, 3.05) is 20.3 Å². The number of nitrogens with one attached hydrogen (secondary N) is 1. The van der Waals surface area contributed by atoms with E-state index in [1.165, 1.54) is 0 Å². The van der Waals surface area contributed by atoms with Crippen LogP contribution < -0.4 is 5.32 Å². The van der Waals surface area contributed by atoms with Gasteiger partial charge in [-0.05, 0) is 6.07 Å². The number of imidazole rings is 1. The van der Waals surface area contributed by atoms with Crippen LogP contribution in [0, 0.1) is 11.3 Å². The minimum absolute atomic E-state index is 0.459. The summed E-state index contributed by atoms with van der Waals surface area (Å²) in [6.45, 7) is 2.78. The zero-order chi connectivity index (χ0) is 14.2. The zero-order valence-electron chi connectivity index (χ0n) is 11.4. The molecule has 0 amide bonds. The average Bonchev–Trinajstić information content (AvgIpc) is 2.92. The number of methoxy groups -OCH3 is 1. The predicted molar refractivity (Wildman–Crippen MR) is 73.9 cm³/mol. The van der Waals surface area contributed by atoms with E-state index < -0.39 is 0 Å². The van der Waals surface area contributed by atoms with Gasteiger partial charge in [0.05, 0.1) is 25.2 Å². The Balaban J connectivity index is 1.94. The second kappa shape index (κ2) is 7.38. The summed E-state index contributed by atoms with van der Waals surface area (Å²) >= 11 is 0. The quantitative estimate of drug-likeness (QED) is 0.758. The van der Waals surface area contributed by atoms with Crippen molar-refractivity contribution in [3.05, 3.63) is 47.8 Å². The van der Waals surface area contributed by atoms with Gasteiger partial charge in [0.2, 0.25) is 0 Å². The van der Waals surface area contributed by atoms with Gasteiger partial charge in [0, 0.05) is 38.2 Å². The number of nitriles is 1. The SMILES string of the molecule is COCCNCc1cn(Cc2cccnc2C#N)cn1. The summed E-state index contributed by atoms with van der Waals surface area (Å²) in [5.41, 5.74) is 2.32. The molecule has 0 aliphatic rings. The highest BCUT2D eigenvalue weighted by Crippen LogP contribution is 2.07. The van der Waals surface area contributed by atoms with Gasteiger partial charge in [-0.3, -0.25) is 0 Å². The molecule has 1 N–H and O–H groups in total. The molecule has 0 fully saturated rings. The van der Waals surface area contributed by atoms with Crippen LogP contribution in [0.15, 0.2) is 30.9 Å². The van der Waals surface area contributed by atoms with Crippen molar-refractivity contribution in [2.45, 2.75) is 13.1 Å². The van der Waals surface area contributed by atoms with Gasteiger partial charge in [-0.1, -0.05) is 6.07 Å². The number of rotatable bonds is 7. The van der Waals surface area contributed by atoms with Crippen LogP contribution in [0.1, 0.15) is 17.0 Å². The first kappa shape index (κ1) is 14.2. The van der Waals surface area contributed by atoms with Gasteiger partial charge < -0.3 is 14.6 Å². The molecule has 104 valence electrons. The van der Waals surface area contributed by atoms with Crippen LogP contribution in [0.5, 0.6) is 0 Å². The zero-order valence-corrected chi connectivity index (χ0v) is 11.4. The van der Waals surface area contributed by atoms with E-state index in [1.54, 1.807) is 19.6 Å². The molecule has 0 saturated carbocycles. The summed E-state index contributed by atoms with van der Waals surface area (Å²) in [5.74, 6) is 0. The molecule has 20 heavy (non-hydrogen) atoms. The first-order chi connectivity index (χ1) is 9.83. The number of ether oxygens (including phenoxy) is 1. The van der Waals surface area contributed by atoms with Gasteiger partial charge in [-0.15, -0.1) is 0 Å². The summed E-state index contributed by atoms with van der Waals surface area (Å²) in [4.78, 5) is 8.37. The van der Waals surface area contributed by atoms with Crippen molar-refractivity contribution in [1.29, 1.82) is 5.26 Å². The Kier molecular flexibility index (Phi) is 5.24. The van der Waals surface area contributed by atoms with Crippen molar-refractivity contribution in [2.24, 2.45) is 0 Å². The minimum atomic E-state index is 0.459. The lowest BCUT2D eigenvalue weighted by atomic mass is 10.2. The topological polar surface area (TPSA) is 75.8 Å². The second-order valence-electron chi connectivity index (χ2n) is 4.33. The third-order valence-corrected chi connectivity index (χ3v) is 2.83. The van der Waals surface area contributed by atoms with Crippen LogP contribution in [0.4, 0.5) is 0 Å². The lowest BCUT2D eigenvalue weighted by Crippen LogP contribution is -2.18. The summed E-state index contributed by atoms with van der Waals surface area (Å²) in [6, 6.07) is 5.84. The summed E-state index contributed by atoms with van der Waals surface area (Å²) < 4.78 is 6.91. The molecule has 0 aromatic carbocycles. The van der Waals surface area contributed by atoms with E-state index in [0.29, 0.717) is 25.4 Å². The van der Waals surface area contributed by atoms with E-state index in [-0.39, 0.29) is 0 Å². The normalized spacial score (nSPS) is 10.4. The minimum Gasteiger partial charge on any atom is -0.383 e. The molecule has 0 aliphatic carbocycles. The van der Waals surface area contributed by atoms with Crippen LogP contribution in [0.25, 0.3) is 0 Å². The van der Waals surface area contributed by atoms with E-state index in [9.17, 15) is 0 Å². The molecule has 2 rings (SSSR count). The monoisotopic (exact) mass is 271 g/mol. The Bertz CT molecular complexity index is 587. The molecule has 0 saturated heterocycles. The number of hydrogen-bond acceptors (Lipinski definition) is 5. The van der Waals surface area contributed by atoms with Crippen molar-refractivity contribution in [3.8, 4) is 6.07 Å². The van der Waals surface area contributed by atoms with E-state index in [2.05, 4.69) is 21.4 Å². The maximum atomic E-state index is 9.01.